The molecule has 1 aromatic heterocycles. The Hall–Kier alpha value is -2.71. The van der Waals surface area contributed by atoms with Gasteiger partial charge in [-0.1, -0.05) is 0 Å². The highest BCUT2D eigenvalue weighted by Gasteiger charge is 2.47. The van der Waals surface area contributed by atoms with Crippen LogP contribution in [0.4, 0.5) is 5.82 Å². The Morgan fingerprint density at radius 1 is 1.30 bits per heavy atom. The molecule has 2 saturated heterocycles. The minimum atomic E-state index is -0.757. The van der Waals surface area contributed by atoms with Crippen molar-refractivity contribution in [2.24, 2.45) is 5.92 Å². The van der Waals surface area contributed by atoms with E-state index in [0.717, 1.165) is 24.4 Å². The normalized spacial score (nSPS) is 21.3. The van der Waals surface area contributed by atoms with Gasteiger partial charge in [0.1, 0.15) is 17.2 Å². The Bertz CT molecular complexity index is 833. The monoisotopic (exact) mass is 417 g/mol. The Kier molecular flexibility index (Phi) is 6.28. The van der Waals surface area contributed by atoms with Gasteiger partial charge in [0.2, 0.25) is 11.8 Å². The van der Waals surface area contributed by atoms with Gasteiger partial charge in [0.25, 0.3) is 0 Å². The number of rotatable bonds is 5. The highest BCUT2D eigenvalue weighted by Crippen LogP contribution is 2.35. The smallest absolute Gasteiger partial charge is 0.307 e. The number of amides is 2. The summed E-state index contributed by atoms with van der Waals surface area (Å²) in [5.74, 6) is 0.809. The van der Waals surface area contributed by atoms with Gasteiger partial charge in [0, 0.05) is 46.1 Å². The fourth-order valence-electron chi connectivity index (χ4n) is 4.05. The number of nitrogens with one attached hydrogen (secondary N) is 1. The number of ether oxygens (including phenoxy) is 1. The van der Waals surface area contributed by atoms with Crippen molar-refractivity contribution in [3.63, 3.8) is 0 Å². The molecule has 2 amide bonds. The number of piperidine rings is 1. The van der Waals surface area contributed by atoms with Gasteiger partial charge in [-0.3, -0.25) is 14.4 Å². The summed E-state index contributed by atoms with van der Waals surface area (Å²) in [6, 6.07) is 1.85. The van der Waals surface area contributed by atoms with Gasteiger partial charge in [-0.15, -0.1) is 0 Å². The maximum atomic E-state index is 13.0. The summed E-state index contributed by atoms with van der Waals surface area (Å²) in [5, 5.41) is 3.06. The van der Waals surface area contributed by atoms with Crippen LogP contribution in [-0.4, -0.2) is 70.3 Å². The van der Waals surface area contributed by atoms with E-state index < -0.39 is 11.5 Å². The highest BCUT2D eigenvalue weighted by molar-refractivity contribution is 5.87. The van der Waals surface area contributed by atoms with E-state index in [1.54, 1.807) is 32.8 Å². The van der Waals surface area contributed by atoms with E-state index in [4.69, 9.17) is 9.72 Å². The summed E-state index contributed by atoms with van der Waals surface area (Å²) in [4.78, 5) is 48.9. The van der Waals surface area contributed by atoms with E-state index in [9.17, 15) is 14.4 Å². The van der Waals surface area contributed by atoms with Crippen LogP contribution in [-0.2, 0) is 25.7 Å². The molecule has 2 aliphatic heterocycles. The molecule has 1 atom stereocenters. The molecule has 2 fully saturated rings. The molecule has 1 N–H and O–H groups in total. The van der Waals surface area contributed by atoms with Gasteiger partial charge in [-0.05, 0) is 26.7 Å². The van der Waals surface area contributed by atoms with E-state index in [1.165, 1.54) is 6.92 Å². The predicted molar refractivity (Wildman–Crippen MR) is 111 cm³/mol. The fraction of sp³-hybridized carbons (Fsp3) is 0.667. The van der Waals surface area contributed by atoms with Crippen molar-refractivity contribution < 1.29 is 19.1 Å². The number of cyclic esters (lactones) is 1. The SMILES string of the molecule is CNc1cc(CN(C)C(C)=O)nc(C2CCN(C(=O)[C@@H]3CC(=O)OC3(C)C)CC2)n1. The maximum absolute atomic E-state index is 13.0. The Morgan fingerprint density at radius 3 is 2.50 bits per heavy atom. The zero-order valence-corrected chi connectivity index (χ0v) is 18.4. The third-order valence-electron chi connectivity index (χ3n) is 6.05. The molecule has 164 valence electrons. The molecule has 0 radical (unpaired) electrons. The Labute approximate surface area is 177 Å². The Morgan fingerprint density at radius 2 is 1.97 bits per heavy atom. The van der Waals surface area contributed by atoms with E-state index in [0.29, 0.717) is 25.5 Å². The van der Waals surface area contributed by atoms with Gasteiger partial charge in [-0.25, -0.2) is 9.97 Å². The standard InChI is InChI=1S/C21H31N5O4/c1-13(27)25(5)12-15-10-17(22-4)24-19(23-15)14-6-8-26(9-7-14)20(29)16-11-18(28)30-21(16,2)3/h10,14,16H,6-9,11-12H2,1-5H3,(H,22,23,24)/t16-/m0/s1. The van der Waals surface area contributed by atoms with E-state index in [-0.39, 0.29) is 30.1 Å². The van der Waals surface area contributed by atoms with E-state index in [2.05, 4.69) is 10.3 Å². The average Bonchev–Trinajstić information content (AvgIpc) is 2.99. The summed E-state index contributed by atoms with van der Waals surface area (Å²) in [5.41, 5.74) is 0.0244. The lowest BCUT2D eigenvalue weighted by Gasteiger charge is -2.35. The Balaban J connectivity index is 1.68. The van der Waals surface area contributed by atoms with Crippen LogP contribution < -0.4 is 5.32 Å². The van der Waals surface area contributed by atoms with Gasteiger partial charge in [0.15, 0.2) is 0 Å². The lowest BCUT2D eigenvalue weighted by atomic mass is 9.88. The van der Waals surface area contributed by atoms with Crippen LogP contribution in [0, 0.1) is 5.92 Å². The van der Waals surface area contributed by atoms with Crippen molar-refractivity contribution in [3.8, 4) is 0 Å². The number of nitrogens with zero attached hydrogens (tertiary/aromatic N) is 4. The second-order valence-corrected chi connectivity index (χ2v) is 8.66. The lowest BCUT2D eigenvalue weighted by molar-refractivity contribution is -0.149. The maximum Gasteiger partial charge on any atom is 0.307 e. The molecule has 3 rings (SSSR count). The summed E-state index contributed by atoms with van der Waals surface area (Å²) >= 11 is 0. The van der Waals surface area contributed by atoms with Crippen LogP contribution in [0.2, 0.25) is 0 Å². The van der Waals surface area contributed by atoms with Crippen LogP contribution in [0.25, 0.3) is 0 Å². The number of likely N-dealkylation sites (tertiary alicyclic amines) is 1. The summed E-state index contributed by atoms with van der Waals surface area (Å²) in [7, 11) is 3.55. The predicted octanol–water partition coefficient (Wildman–Crippen LogP) is 1.54. The van der Waals surface area contributed by atoms with Gasteiger partial charge in [-0.2, -0.15) is 0 Å². The van der Waals surface area contributed by atoms with Crippen molar-refractivity contribution in [1.29, 1.82) is 0 Å². The van der Waals surface area contributed by atoms with Crippen molar-refractivity contribution in [1.82, 2.24) is 19.8 Å². The molecule has 0 bridgehead atoms. The van der Waals surface area contributed by atoms with E-state index >= 15 is 0 Å². The lowest BCUT2D eigenvalue weighted by Crippen LogP contribution is -2.46. The summed E-state index contributed by atoms with van der Waals surface area (Å²) in [6.45, 7) is 6.73. The minimum absolute atomic E-state index is 0.0158. The van der Waals surface area contributed by atoms with Crippen molar-refractivity contribution >= 4 is 23.6 Å². The fourth-order valence-corrected chi connectivity index (χ4v) is 4.05. The number of anilines is 1. The van der Waals surface area contributed by atoms with E-state index in [1.807, 2.05) is 11.0 Å². The molecule has 9 heteroatoms. The van der Waals surface area contributed by atoms with Crippen LogP contribution in [0.15, 0.2) is 6.07 Å². The molecule has 0 aliphatic carbocycles. The van der Waals surface area contributed by atoms with Gasteiger partial charge >= 0.3 is 5.97 Å². The molecule has 0 spiro atoms. The molecule has 3 heterocycles. The topological polar surface area (TPSA) is 105 Å². The highest BCUT2D eigenvalue weighted by atomic mass is 16.6. The second kappa shape index (κ2) is 8.57. The molecule has 0 saturated carbocycles. The second-order valence-electron chi connectivity index (χ2n) is 8.66. The van der Waals surface area contributed by atoms with Crippen molar-refractivity contribution in [3.05, 3.63) is 17.6 Å². The van der Waals surface area contributed by atoms with Crippen molar-refractivity contribution in [2.45, 2.75) is 58.1 Å². The quantitative estimate of drug-likeness (QED) is 0.725. The number of hydrogen-bond acceptors (Lipinski definition) is 7. The van der Waals surface area contributed by atoms with Gasteiger partial charge < -0.3 is 19.9 Å². The first-order valence-electron chi connectivity index (χ1n) is 10.4. The molecule has 30 heavy (non-hydrogen) atoms. The first kappa shape index (κ1) is 22.0. The van der Waals surface area contributed by atoms with Gasteiger partial charge in [0.05, 0.1) is 24.6 Å². The minimum Gasteiger partial charge on any atom is -0.459 e. The molecule has 0 unspecified atom stereocenters. The molecular formula is C21H31N5O4. The number of carbonyl (C=O) groups is 3. The number of aromatic nitrogens is 2. The third-order valence-corrected chi connectivity index (χ3v) is 6.05. The average molecular weight is 418 g/mol. The molecule has 2 aliphatic rings. The largest absolute Gasteiger partial charge is 0.459 e. The summed E-state index contributed by atoms with van der Waals surface area (Å²) in [6.07, 6.45) is 1.65. The zero-order valence-electron chi connectivity index (χ0n) is 18.4. The first-order chi connectivity index (χ1) is 14.1. The van der Waals surface area contributed by atoms with Crippen LogP contribution >= 0.6 is 0 Å². The number of esters is 1. The summed E-state index contributed by atoms with van der Waals surface area (Å²) < 4.78 is 5.31. The molecular weight excluding hydrogens is 386 g/mol. The third kappa shape index (κ3) is 4.71. The molecule has 9 nitrogen and oxygen atoms in total. The first-order valence-corrected chi connectivity index (χ1v) is 10.4. The van der Waals surface area contributed by atoms with Crippen LogP contribution in [0.5, 0.6) is 0 Å². The van der Waals surface area contributed by atoms with Crippen LogP contribution in [0.1, 0.15) is 57.5 Å². The molecule has 1 aromatic rings. The van der Waals surface area contributed by atoms with Crippen molar-refractivity contribution in [2.75, 3.05) is 32.5 Å². The zero-order chi connectivity index (χ0) is 22.1. The number of hydrogen-bond donors (Lipinski definition) is 1. The number of carbonyl (C=O) groups excluding carboxylic acids is 3. The molecule has 0 aromatic carbocycles. The van der Waals surface area contributed by atoms with Crippen LogP contribution in [0.3, 0.4) is 0 Å².